The number of carboxylic acid groups (broad SMARTS) is 2. The molecule has 2 aromatic rings. The van der Waals surface area contributed by atoms with Crippen LogP contribution in [0.4, 0.5) is 5.00 Å². The molecule has 0 saturated carbocycles. The van der Waals surface area contributed by atoms with Gasteiger partial charge in [0.25, 0.3) is 11.8 Å². The van der Waals surface area contributed by atoms with E-state index in [1.807, 2.05) is 0 Å². The maximum Gasteiger partial charge on any atom is 0.394 e. The van der Waals surface area contributed by atoms with Crippen LogP contribution >= 0.6 is 11.3 Å². The number of hydrogen-bond donors (Lipinski definition) is 4. The maximum absolute atomic E-state index is 12.9. The number of ether oxygens (including phenoxy) is 1. The summed E-state index contributed by atoms with van der Waals surface area (Å²) < 4.78 is 5.71. The number of benzene rings is 1. The zero-order valence-electron chi connectivity index (χ0n) is 18.9. The second kappa shape index (κ2) is 9.87. The molecule has 0 aliphatic carbocycles. The molecule has 4 N–H and O–H groups in total. The number of hydrogen-bond acceptors (Lipinski definition) is 8. The van der Waals surface area contributed by atoms with Crippen LogP contribution in [0.2, 0.25) is 0 Å². The second-order valence-electron chi connectivity index (χ2n) is 8.10. The van der Waals surface area contributed by atoms with Crippen LogP contribution in [0.5, 0.6) is 0 Å². The largest absolute Gasteiger partial charge is 0.478 e. The fraction of sp³-hybridized carbons (Fsp3) is 0.304. The van der Waals surface area contributed by atoms with Crippen LogP contribution < -0.4 is 10.6 Å². The van der Waals surface area contributed by atoms with E-state index in [0.717, 1.165) is 16.2 Å². The van der Waals surface area contributed by atoms with Crippen LogP contribution in [-0.4, -0.2) is 69.4 Å². The van der Waals surface area contributed by atoms with Crippen molar-refractivity contribution in [1.29, 1.82) is 0 Å². The molecule has 13 heteroatoms. The predicted molar refractivity (Wildman–Crippen MR) is 124 cm³/mol. The Morgan fingerprint density at radius 2 is 1.78 bits per heavy atom. The smallest absolute Gasteiger partial charge is 0.394 e. The van der Waals surface area contributed by atoms with Gasteiger partial charge in [-0.2, -0.15) is 0 Å². The highest BCUT2D eigenvalue weighted by Crippen LogP contribution is 2.38. The molecular weight excluding hydrogens is 494 g/mol. The lowest BCUT2D eigenvalue weighted by Gasteiger charge is -2.27. The number of rotatable bonds is 7. The summed E-state index contributed by atoms with van der Waals surface area (Å²) in [5.74, 6) is -6.10. The van der Waals surface area contributed by atoms with E-state index >= 15 is 0 Å². The number of aromatic carboxylic acids is 1. The molecule has 0 radical (unpaired) electrons. The fourth-order valence-corrected chi connectivity index (χ4v) is 5.37. The molecule has 4 amide bonds. The standard InChI is InChI=1S/C23H21N3O9S/c1-2-14(26-20(29)11-5-3-4-6-12(11)21(26)30)17(27)24-8-10-7-13-15(9-35-10)36-19(16(13)22(31)32)25-18(28)23(33)34/h3-6,10,14H,2,7-9H2,1H3,(H,24,27)(H,25,28)(H,31,32)(H,33,34). The lowest BCUT2D eigenvalue weighted by Crippen LogP contribution is -2.51. The Bertz CT molecular complexity index is 1270. The summed E-state index contributed by atoms with van der Waals surface area (Å²) in [5, 5.41) is 23.1. The molecule has 2 unspecified atom stereocenters. The van der Waals surface area contributed by atoms with Crippen LogP contribution in [0.3, 0.4) is 0 Å². The van der Waals surface area contributed by atoms with E-state index in [0.29, 0.717) is 10.4 Å². The summed E-state index contributed by atoms with van der Waals surface area (Å²) >= 11 is 0.912. The molecule has 36 heavy (non-hydrogen) atoms. The lowest BCUT2D eigenvalue weighted by molar-refractivity contribution is -0.147. The van der Waals surface area contributed by atoms with Gasteiger partial charge < -0.3 is 25.6 Å². The van der Waals surface area contributed by atoms with E-state index < -0.39 is 47.7 Å². The highest BCUT2D eigenvalue weighted by Gasteiger charge is 2.42. The Morgan fingerprint density at radius 3 is 2.33 bits per heavy atom. The average Bonchev–Trinajstić information content (AvgIpc) is 3.33. The third kappa shape index (κ3) is 4.45. The predicted octanol–water partition coefficient (Wildman–Crippen LogP) is 1.10. The summed E-state index contributed by atoms with van der Waals surface area (Å²) in [6, 6.07) is 5.29. The van der Waals surface area contributed by atoms with Gasteiger partial charge in [-0.3, -0.25) is 24.1 Å². The summed E-state index contributed by atoms with van der Waals surface area (Å²) in [4.78, 5) is 74.1. The molecule has 188 valence electrons. The normalized spacial score (nSPS) is 17.2. The fourth-order valence-electron chi connectivity index (χ4n) is 4.24. The third-order valence-corrected chi connectivity index (χ3v) is 7.06. The van der Waals surface area contributed by atoms with Crippen LogP contribution in [0.15, 0.2) is 24.3 Å². The first kappa shape index (κ1) is 25.0. The van der Waals surface area contributed by atoms with E-state index in [1.54, 1.807) is 19.1 Å². The van der Waals surface area contributed by atoms with Crippen molar-refractivity contribution in [2.45, 2.75) is 38.5 Å². The van der Waals surface area contributed by atoms with Crippen molar-refractivity contribution >= 4 is 51.9 Å². The molecule has 2 atom stereocenters. The number of amides is 4. The van der Waals surface area contributed by atoms with Gasteiger partial charge in [-0.15, -0.1) is 11.3 Å². The Hall–Kier alpha value is -4.10. The lowest BCUT2D eigenvalue weighted by atomic mass is 10.0. The number of nitrogens with zero attached hydrogens (tertiary/aromatic N) is 1. The minimum Gasteiger partial charge on any atom is -0.478 e. The number of anilines is 1. The first-order valence-electron chi connectivity index (χ1n) is 10.9. The van der Waals surface area contributed by atoms with Crippen molar-refractivity contribution in [2.24, 2.45) is 0 Å². The quantitative estimate of drug-likeness (QED) is 0.310. The number of imide groups is 1. The van der Waals surface area contributed by atoms with E-state index in [2.05, 4.69) is 10.6 Å². The van der Waals surface area contributed by atoms with E-state index in [9.17, 15) is 33.9 Å². The highest BCUT2D eigenvalue weighted by atomic mass is 32.1. The van der Waals surface area contributed by atoms with Gasteiger partial charge in [-0.1, -0.05) is 19.1 Å². The SMILES string of the molecule is CCC(C(=O)NCC1Cc2c(sc(NC(=O)C(=O)O)c2C(=O)O)CO1)N1C(=O)c2ccccc2C1=O. The number of carbonyl (C=O) groups is 6. The average molecular weight is 516 g/mol. The van der Waals surface area contributed by atoms with Gasteiger partial charge in [0.05, 0.1) is 29.4 Å². The molecule has 3 heterocycles. The van der Waals surface area contributed by atoms with E-state index in [1.165, 1.54) is 12.1 Å². The minimum absolute atomic E-state index is 0.000623. The van der Waals surface area contributed by atoms with E-state index in [4.69, 9.17) is 9.84 Å². The van der Waals surface area contributed by atoms with Gasteiger partial charge in [0.15, 0.2) is 0 Å². The van der Waals surface area contributed by atoms with Crippen molar-refractivity contribution in [2.75, 3.05) is 11.9 Å². The number of fused-ring (bicyclic) bond motifs is 2. The summed E-state index contributed by atoms with van der Waals surface area (Å²) in [6.45, 7) is 1.65. The number of aliphatic carboxylic acids is 1. The van der Waals surface area contributed by atoms with Crippen molar-refractivity contribution in [3.05, 3.63) is 51.4 Å². The van der Waals surface area contributed by atoms with Crippen molar-refractivity contribution in [1.82, 2.24) is 10.2 Å². The summed E-state index contributed by atoms with van der Waals surface area (Å²) in [7, 11) is 0. The number of thiophene rings is 1. The van der Waals surface area contributed by atoms with Gasteiger partial charge in [0, 0.05) is 17.8 Å². The molecular formula is C23H21N3O9S. The maximum atomic E-state index is 12.9. The molecule has 2 aliphatic heterocycles. The number of nitrogens with one attached hydrogen (secondary N) is 2. The van der Waals surface area contributed by atoms with Gasteiger partial charge in [-0.05, 0) is 24.1 Å². The third-order valence-electron chi connectivity index (χ3n) is 5.94. The Kier molecular flexibility index (Phi) is 6.86. The number of carboxylic acids is 2. The van der Waals surface area contributed by atoms with Gasteiger partial charge in [-0.25, -0.2) is 9.59 Å². The zero-order chi connectivity index (χ0) is 26.1. The van der Waals surface area contributed by atoms with Crippen LogP contribution in [0.1, 0.15) is 54.9 Å². The molecule has 0 fully saturated rings. The first-order chi connectivity index (χ1) is 17.1. The molecule has 0 bridgehead atoms. The highest BCUT2D eigenvalue weighted by molar-refractivity contribution is 7.17. The molecule has 2 aliphatic rings. The molecule has 1 aromatic heterocycles. The Balaban J connectivity index is 1.45. The second-order valence-corrected chi connectivity index (χ2v) is 9.21. The summed E-state index contributed by atoms with van der Waals surface area (Å²) in [6.07, 6.45) is -0.356. The molecule has 0 spiro atoms. The van der Waals surface area contributed by atoms with Crippen molar-refractivity contribution < 1.29 is 43.7 Å². The van der Waals surface area contributed by atoms with Crippen molar-refractivity contribution in [3.8, 4) is 0 Å². The van der Waals surface area contributed by atoms with Crippen LogP contribution in [0.25, 0.3) is 0 Å². The van der Waals surface area contributed by atoms with Gasteiger partial charge in [0.2, 0.25) is 5.91 Å². The van der Waals surface area contributed by atoms with E-state index in [-0.39, 0.29) is 47.7 Å². The van der Waals surface area contributed by atoms with Crippen LogP contribution in [-0.2, 0) is 32.1 Å². The van der Waals surface area contributed by atoms with Gasteiger partial charge >= 0.3 is 17.8 Å². The minimum atomic E-state index is -1.75. The molecule has 4 rings (SSSR count). The van der Waals surface area contributed by atoms with Gasteiger partial charge in [0.1, 0.15) is 11.0 Å². The Morgan fingerprint density at radius 1 is 1.14 bits per heavy atom. The number of carbonyl (C=O) groups excluding carboxylic acids is 4. The topological polar surface area (TPSA) is 179 Å². The monoisotopic (exact) mass is 515 g/mol. The van der Waals surface area contributed by atoms with Crippen molar-refractivity contribution in [3.63, 3.8) is 0 Å². The summed E-state index contributed by atoms with van der Waals surface area (Å²) in [5.41, 5.74) is 0.635. The Labute approximate surface area is 207 Å². The molecule has 0 saturated heterocycles. The zero-order valence-corrected chi connectivity index (χ0v) is 19.7. The first-order valence-corrected chi connectivity index (χ1v) is 11.7. The molecule has 1 aromatic carbocycles. The van der Waals surface area contributed by atoms with Crippen LogP contribution in [0, 0.1) is 0 Å². The molecule has 12 nitrogen and oxygen atoms in total.